The van der Waals surface area contributed by atoms with E-state index in [1.54, 1.807) is 0 Å². The normalized spacial score (nSPS) is 36.1. The molecule has 4 N–H and O–H groups in total. The van der Waals surface area contributed by atoms with Crippen LogP contribution in [0.4, 0.5) is 5.13 Å². The number of carboxylic acid groups (broad SMARTS) is 1. The molecule has 7 nitrogen and oxygen atoms in total. The third-order valence-corrected chi connectivity index (χ3v) is 7.56. The largest absolute Gasteiger partial charge is 0.481 e. The Hall–Kier alpha value is -1.51. The number of nitrogens with one attached hydrogen (secondary N) is 1. The van der Waals surface area contributed by atoms with Crippen LogP contribution < -0.4 is 5.32 Å². The molecule has 0 bridgehead atoms. The van der Waals surface area contributed by atoms with Crippen LogP contribution in [0.15, 0.2) is 0 Å². The monoisotopic (exact) mass is 382 g/mol. The van der Waals surface area contributed by atoms with Gasteiger partial charge in [0.05, 0.1) is 24.8 Å². The van der Waals surface area contributed by atoms with Crippen LogP contribution >= 0.6 is 11.3 Å². The Kier molecular flexibility index (Phi) is 4.87. The molecule has 1 heterocycles. The minimum atomic E-state index is -0.895. The van der Waals surface area contributed by atoms with Gasteiger partial charge in [-0.3, -0.25) is 9.59 Å². The van der Waals surface area contributed by atoms with Gasteiger partial charge in [-0.2, -0.15) is 0 Å². The number of aromatic nitrogens is 1. The Morgan fingerprint density at radius 3 is 2.65 bits per heavy atom. The average Bonchev–Trinajstić information content (AvgIpc) is 2.94. The van der Waals surface area contributed by atoms with Gasteiger partial charge in [0.1, 0.15) is 0 Å². The number of hydrogen-bond donors (Lipinski definition) is 4. The summed E-state index contributed by atoms with van der Waals surface area (Å²) >= 11 is 1.36. The molecule has 8 heteroatoms. The van der Waals surface area contributed by atoms with E-state index in [9.17, 15) is 24.9 Å². The Bertz CT molecular complexity index is 735. The third kappa shape index (κ3) is 2.93. The molecule has 2 aliphatic carbocycles. The minimum Gasteiger partial charge on any atom is -0.481 e. The van der Waals surface area contributed by atoms with Gasteiger partial charge in [0.15, 0.2) is 5.13 Å². The van der Waals surface area contributed by atoms with Gasteiger partial charge in [-0.05, 0) is 30.6 Å². The van der Waals surface area contributed by atoms with Crippen molar-refractivity contribution in [1.29, 1.82) is 0 Å². The molecule has 1 aromatic heterocycles. The highest BCUT2D eigenvalue weighted by Gasteiger charge is 2.59. The number of nitrogens with zero attached hydrogens (tertiary/aromatic N) is 1. The van der Waals surface area contributed by atoms with Crippen LogP contribution in [0, 0.1) is 16.7 Å². The number of thiazole rings is 1. The first-order chi connectivity index (χ1) is 12.1. The number of carboxylic acids is 1. The van der Waals surface area contributed by atoms with E-state index >= 15 is 0 Å². The molecule has 0 saturated heterocycles. The van der Waals surface area contributed by atoms with Crippen LogP contribution in [-0.2, 0) is 16.0 Å². The van der Waals surface area contributed by atoms with Crippen LogP contribution in [-0.4, -0.2) is 44.9 Å². The van der Waals surface area contributed by atoms with Crippen molar-refractivity contribution in [3.63, 3.8) is 0 Å². The number of anilines is 1. The van der Waals surface area contributed by atoms with Crippen molar-refractivity contribution in [2.24, 2.45) is 16.7 Å². The Morgan fingerprint density at radius 1 is 1.38 bits per heavy atom. The molecular weight excluding hydrogens is 356 g/mol. The fraction of sp³-hybridized carbons (Fsp3) is 0.722. The molecule has 0 radical (unpaired) electrons. The molecule has 5 atom stereocenters. The predicted octanol–water partition coefficient (Wildman–Crippen LogP) is 1.99. The number of aliphatic hydroxyl groups excluding tert-OH is 2. The molecule has 0 unspecified atom stereocenters. The van der Waals surface area contributed by atoms with E-state index in [2.05, 4.69) is 17.2 Å². The van der Waals surface area contributed by atoms with E-state index in [-0.39, 0.29) is 36.2 Å². The lowest BCUT2D eigenvalue weighted by Crippen LogP contribution is -2.57. The molecule has 1 amide bonds. The van der Waals surface area contributed by atoms with Crippen molar-refractivity contribution in [1.82, 2.24) is 4.98 Å². The average molecular weight is 382 g/mol. The fourth-order valence-corrected chi connectivity index (χ4v) is 6.14. The second-order valence-electron chi connectivity index (χ2n) is 8.14. The lowest BCUT2D eigenvalue weighted by atomic mass is 9.47. The number of fused-ring (bicyclic) bond motifs is 2. The third-order valence-electron chi connectivity index (χ3n) is 6.56. The van der Waals surface area contributed by atoms with Crippen LogP contribution in [0.3, 0.4) is 0 Å². The van der Waals surface area contributed by atoms with Gasteiger partial charge in [0, 0.05) is 23.1 Å². The van der Waals surface area contributed by atoms with Crippen molar-refractivity contribution in [3.8, 4) is 0 Å². The second kappa shape index (κ2) is 6.58. The zero-order valence-corrected chi connectivity index (χ0v) is 16.1. The molecule has 0 spiro atoms. The highest BCUT2D eigenvalue weighted by molar-refractivity contribution is 7.15. The first kappa shape index (κ1) is 19.3. The van der Waals surface area contributed by atoms with Gasteiger partial charge in [-0.1, -0.05) is 13.8 Å². The summed E-state index contributed by atoms with van der Waals surface area (Å²) in [6.45, 7) is 5.21. The fourth-order valence-electron chi connectivity index (χ4n) is 5.02. The van der Waals surface area contributed by atoms with Crippen molar-refractivity contribution in [2.75, 3.05) is 11.9 Å². The highest BCUT2D eigenvalue weighted by atomic mass is 32.1. The molecule has 1 fully saturated rings. The zero-order valence-electron chi connectivity index (χ0n) is 15.3. The lowest BCUT2D eigenvalue weighted by molar-refractivity contribution is -0.150. The topological polar surface area (TPSA) is 120 Å². The van der Waals surface area contributed by atoms with Crippen LogP contribution in [0.5, 0.6) is 0 Å². The van der Waals surface area contributed by atoms with E-state index in [4.69, 9.17) is 0 Å². The summed E-state index contributed by atoms with van der Waals surface area (Å²) in [5.41, 5.74) is -0.333. The molecule has 144 valence electrons. The summed E-state index contributed by atoms with van der Waals surface area (Å²) in [5.74, 6) is -1.49. The van der Waals surface area contributed by atoms with Gasteiger partial charge >= 0.3 is 5.97 Å². The standard InChI is InChI=1S/C18H26N2O5S/c1-9(22)19-16-20-15-10(6-14(24)25)17(2)5-4-13(23)18(3,8-21)12(17)7-11(15)26-16/h10,12-13,21,23H,4-8H2,1-3H3,(H,24,25)(H,19,20,22)/t10-,12+,13-,17+,18+/m1/s1. The number of aliphatic hydroxyl groups is 2. The van der Waals surface area contributed by atoms with Crippen molar-refractivity contribution < 1.29 is 24.9 Å². The number of amides is 1. The summed E-state index contributed by atoms with van der Waals surface area (Å²) in [7, 11) is 0. The number of carbonyl (C=O) groups is 2. The maximum Gasteiger partial charge on any atom is 0.304 e. The Morgan fingerprint density at radius 2 is 2.08 bits per heavy atom. The molecule has 0 aromatic carbocycles. The van der Waals surface area contributed by atoms with Gasteiger partial charge < -0.3 is 20.6 Å². The van der Waals surface area contributed by atoms with E-state index in [1.807, 2.05) is 6.92 Å². The summed E-state index contributed by atoms with van der Waals surface area (Å²) in [6.07, 6.45) is 1.14. The van der Waals surface area contributed by atoms with Crippen molar-refractivity contribution >= 4 is 28.3 Å². The van der Waals surface area contributed by atoms with E-state index < -0.39 is 17.5 Å². The summed E-state index contributed by atoms with van der Waals surface area (Å²) in [5, 5.41) is 33.3. The van der Waals surface area contributed by atoms with Crippen LogP contribution in [0.25, 0.3) is 0 Å². The maximum atomic E-state index is 11.6. The summed E-state index contributed by atoms with van der Waals surface area (Å²) < 4.78 is 0. The Balaban J connectivity index is 2.11. The van der Waals surface area contributed by atoms with Gasteiger partial charge in [0.2, 0.25) is 5.91 Å². The Labute approximate surface area is 156 Å². The quantitative estimate of drug-likeness (QED) is 0.632. The minimum absolute atomic E-state index is 0.0547. The summed E-state index contributed by atoms with van der Waals surface area (Å²) in [4.78, 5) is 28.5. The van der Waals surface area contributed by atoms with Gasteiger partial charge in [0.25, 0.3) is 0 Å². The van der Waals surface area contributed by atoms with Crippen LogP contribution in [0.2, 0.25) is 0 Å². The second-order valence-corrected chi connectivity index (χ2v) is 9.22. The van der Waals surface area contributed by atoms with Gasteiger partial charge in [-0.25, -0.2) is 4.98 Å². The molecule has 1 saturated carbocycles. The summed E-state index contributed by atoms with van der Waals surface area (Å²) in [6, 6.07) is 0. The van der Waals surface area contributed by atoms with Crippen molar-refractivity contribution in [2.45, 2.75) is 58.5 Å². The molecular formula is C18H26N2O5S. The molecule has 26 heavy (non-hydrogen) atoms. The first-order valence-electron chi connectivity index (χ1n) is 8.89. The van der Waals surface area contributed by atoms with E-state index in [1.165, 1.54) is 18.3 Å². The van der Waals surface area contributed by atoms with E-state index in [0.717, 1.165) is 10.6 Å². The zero-order chi connectivity index (χ0) is 19.3. The molecule has 3 rings (SSSR count). The van der Waals surface area contributed by atoms with Crippen LogP contribution in [0.1, 0.15) is 56.5 Å². The number of carbonyl (C=O) groups excluding carboxylic acids is 1. The molecule has 2 aliphatic rings. The van der Waals surface area contributed by atoms with Gasteiger partial charge in [-0.15, -0.1) is 11.3 Å². The highest BCUT2D eigenvalue weighted by Crippen LogP contribution is 2.62. The first-order valence-corrected chi connectivity index (χ1v) is 9.71. The number of aliphatic carboxylic acids is 1. The number of hydrogen-bond acceptors (Lipinski definition) is 6. The smallest absolute Gasteiger partial charge is 0.304 e. The SMILES string of the molecule is CC(=O)Nc1nc2c(s1)C[C@@H]1[C@](C)(CO)[C@H](O)CC[C@@]1(C)[C@@H]2CC(=O)O. The molecule has 0 aliphatic heterocycles. The van der Waals surface area contributed by atoms with Crippen molar-refractivity contribution in [3.05, 3.63) is 10.6 Å². The lowest BCUT2D eigenvalue weighted by Gasteiger charge is -2.58. The van der Waals surface area contributed by atoms with E-state index in [0.29, 0.717) is 24.4 Å². The number of rotatable bonds is 4. The predicted molar refractivity (Wildman–Crippen MR) is 97.1 cm³/mol. The maximum absolute atomic E-state index is 11.6. The molecule has 1 aromatic rings.